The number of rotatable bonds is 8. The molecule has 0 aliphatic carbocycles. The van der Waals surface area contributed by atoms with E-state index in [9.17, 15) is 14.7 Å². The first-order valence-corrected chi connectivity index (χ1v) is 10.6. The van der Waals surface area contributed by atoms with E-state index >= 15 is 0 Å². The van der Waals surface area contributed by atoms with E-state index in [1.54, 1.807) is 13.2 Å². The standard InChI is InChI=1S/C25H31NO7/c1-24(2,3)33-26(14-27)13-16-20(31-7)11-9-18-23(16)32-22-15(12-21(28)29)19(30-6)10-8-17(22)25(18,4)5/h8-11,14H,12-13H2,1-7H3,(H,28,29). The third-order valence-corrected chi connectivity index (χ3v) is 5.58. The molecule has 1 amide bonds. The van der Waals surface area contributed by atoms with Crippen LogP contribution in [0.2, 0.25) is 0 Å². The molecular weight excluding hydrogens is 426 g/mol. The Bertz CT molecular complexity index is 1070. The van der Waals surface area contributed by atoms with Crippen LogP contribution in [0.5, 0.6) is 23.0 Å². The average Bonchev–Trinajstić information content (AvgIpc) is 2.72. The molecule has 0 aromatic heterocycles. The number of hydrogen-bond donors (Lipinski definition) is 1. The van der Waals surface area contributed by atoms with Gasteiger partial charge in [0.25, 0.3) is 0 Å². The topological polar surface area (TPSA) is 94.5 Å². The second-order valence-electron chi connectivity index (χ2n) is 9.43. The lowest BCUT2D eigenvalue weighted by Gasteiger charge is -2.37. The molecule has 8 heteroatoms. The molecule has 0 radical (unpaired) electrons. The molecule has 0 fully saturated rings. The predicted molar refractivity (Wildman–Crippen MR) is 122 cm³/mol. The number of methoxy groups -OCH3 is 2. The summed E-state index contributed by atoms with van der Waals surface area (Å²) in [6.45, 7) is 9.72. The number of carboxylic acids is 1. The first-order valence-electron chi connectivity index (χ1n) is 10.6. The van der Waals surface area contributed by atoms with Gasteiger partial charge in [-0.3, -0.25) is 14.4 Å². The summed E-state index contributed by atoms with van der Waals surface area (Å²) in [5.41, 5.74) is 1.71. The van der Waals surface area contributed by atoms with Crippen molar-refractivity contribution in [2.24, 2.45) is 0 Å². The molecule has 1 heterocycles. The molecule has 8 nitrogen and oxygen atoms in total. The predicted octanol–water partition coefficient (Wildman–Crippen LogP) is 4.45. The molecule has 0 atom stereocenters. The maximum absolute atomic E-state index is 11.8. The van der Waals surface area contributed by atoms with Gasteiger partial charge in [0, 0.05) is 22.1 Å². The Labute approximate surface area is 194 Å². The van der Waals surface area contributed by atoms with Crippen LogP contribution in [0.3, 0.4) is 0 Å². The molecule has 1 aliphatic heterocycles. The summed E-state index contributed by atoms with van der Waals surface area (Å²) in [6.07, 6.45) is 0.357. The van der Waals surface area contributed by atoms with Crippen LogP contribution < -0.4 is 14.2 Å². The van der Waals surface area contributed by atoms with Gasteiger partial charge < -0.3 is 19.3 Å². The molecule has 33 heavy (non-hydrogen) atoms. The van der Waals surface area contributed by atoms with Gasteiger partial charge in [0.05, 0.1) is 38.3 Å². The van der Waals surface area contributed by atoms with Crippen molar-refractivity contribution in [3.63, 3.8) is 0 Å². The fourth-order valence-corrected chi connectivity index (χ4v) is 4.13. The Kier molecular flexibility index (Phi) is 6.61. The van der Waals surface area contributed by atoms with Gasteiger partial charge in [-0.15, -0.1) is 0 Å². The van der Waals surface area contributed by atoms with Gasteiger partial charge in [-0.25, -0.2) is 5.06 Å². The first-order chi connectivity index (χ1) is 15.4. The van der Waals surface area contributed by atoms with Crippen LogP contribution in [0.25, 0.3) is 0 Å². The summed E-state index contributed by atoms with van der Waals surface area (Å²) in [7, 11) is 3.04. The smallest absolute Gasteiger partial charge is 0.308 e. The molecule has 0 spiro atoms. The van der Waals surface area contributed by atoms with Crippen molar-refractivity contribution in [1.82, 2.24) is 5.06 Å². The molecule has 0 saturated heterocycles. The minimum Gasteiger partial charge on any atom is -0.496 e. The monoisotopic (exact) mass is 457 g/mol. The number of ether oxygens (including phenoxy) is 3. The quantitative estimate of drug-likeness (QED) is 0.462. The molecule has 0 unspecified atom stereocenters. The number of benzene rings is 2. The molecule has 3 rings (SSSR count). The molecular formula is C25H31NO7. The van der Waals surface area contributed by atoms with Gasteiger partial charge in [0.15, 0.2) is 0 Å². The van der Waals surface area contributed by atoms with Crippen molar-refractivity contribution in [3.8, 4) is 23.0 Å². The summed E-state index contributed by atoms with van der Waals surface area (Å²) < 4.78 is 17.4. The SMILES string of the molecule is COc1ccc2c(c1CC(=O)O)Oc1c(ccc(OC)c1CN(C=O)OC(C)(C)C)C2(C)C. The molecule has 1 N–H and O–H groups in total. The molecule has 1 aliphatic rings. The number of nitrogens with zero attached hydrogens (tertiary/aromatic N) is 1. The van der Waals surface area contributed by atoms with E-state index in [4.69, 9.17) is 19.0 Å². The maximum Gasteiger partial charge on any atom is 0.308 e. The fourth-order valence-electron chi connectivity index (χ4n) is 4.13. The van der Waals surface area contributed by atoms with E-state index in [-0.39, 0.29) is 13.0 Å². The van der Waals surface area contributed by atoms with Gasteiger partial charge in [-0.2, -0.15) is 0 Å². The van der Waals surface area contributed by atoms with E-state index in [1.165, 1.54) is 12.2 Å². The van der Waals surface area contributed by atoms with Gasteiger partial charge in [0.2, 0.25) is 6.41 Å². The lowest BCUT2D eigenvalue weighted by molar-refractivity contribution is -0.220. The van der Waals surface area contributed by atoms with Gasteiger partial charge >= 0.3 is 5.97 Å². The van der Waals surface area contributed by atoms with Crippen LogP contribution in [-0.4, -0.2) is 42.4 Å². The Hall–Kier alpha value is -3.26. The van der Waals surface area contributed by atoms with Gasteiger partial charge in [-0.05, 0) is 32.9 Å². The number of carbonyl (C=O) groups is 2. The van der Waals surface area contributed by atoms with Crippen LogP contribution in [-0.2, 0) is 32.8 Å². The van der Waals surface area contributed by atoms with E-state index in [2.05, 4.69) is 0 Å². The van der Waals surface area contributed by atoms with Gasteiger partial charge in [0.1, 0.15) is 23.0 Å². The number of hydrogen-bond acceptors (Lipinski definition) is 6. The largest absolute Gasteiger partial charge is 0.496 e. The van der Waals surface area contributed by atoms with Crippen LogP contribution in [0, 0.1) is 0 Å². The summed E-state index contributed by atoms with van der Waals surface area (Å²) in [6, 6.07) is 7.43. The highest BCUT2D eigenvalue weighted by molar-refractivity contribution is 5.75. The Morgan fingerprint density at radius 3 is 2.00 bits per heavy atom. The van der Waals surface area contributed by atoms with E-state index in [1.807, 2.05) is 52.8 Å². The minimum atomic E-state index is -0.995. The zero-order valence-corrected chi connectivity index (χ0v) is 20.1. The van der Waals surface area contributed by atoms with Crippen LogP contribution in [0.4, 0.5) is 0 Å². The molecule has 178 valence electrons. The number of aliphatic carboxylic acids is 1. The highest BCUT2D eigenvalue weighted by Crippen LogP contribution is 2.53. The first kappa shape index (κ1) is 24.4. The number of carbonyl (C=O) groups excluding carboxylic acids is 1. The molecule has 0 bridgehead atoms. The minimum absolute atomic E-state index is 0.0801. The summed E-state index contributed by atoms with van der Waals surface area (Å²) in [4.78, 5) is 29.2. The molecule has 0 saturated carbocycles. The zero-order chi connectivity index (χ0) is 24.6. The highest BCUT2D eigenvalue weighted by atomic mass is 16.7. The zero-order valence-electron chi connectivity index (χ0n) is 20.1. The fraction of sp³-hybridized carbons (Fsp3) is 0.440. The summed E-state index contributed by atoms with van der Waals surface area (Å²) in [5.74, 6) is 0.921. The lowest BCUT2D eigenvalue weighted by atomic mass is 9.74. The van der Waals surface area contributed by atoms with Crippen molar-refractivity contribution in [2.45, 2.75) is 58.6 Å². The summed E-state index contributed by atoms with van der Waals surface area (Å²) >= 11 is 0. The highest BCUT2D eigenvalue weighted by Gasteiger charge is 2.39. The van der Waals surface area contributed by atoms with Crippen molar-refractivity contribution >= 4 is 12.4 Å². The van der Waals surface area contributed by atoms with E-state index < -0.39 is 17.0 Å². The lowest BCUT2D eigenvalue weighted by Crippen LogP contribution is -2.33. The third-order valence-electron chi connectivity index (χ3n) is 5.58. The molecule has 2 aromatic rings. The number of amides is 1. The van der Waals surface area contributed by atoms with Crippen molar-refractivity contribution < 1.29 is 33.7 Å². The second kappa shape index (κ2) is 8.94. The number of fused-ring (bicyclic) bond motifs is 2. The Morgan fingerprint density at radius 1 is 1.03 bits per heavy atom. The number of hydroxylamine groups is 2. The van der Waals surface area contributed by atoms with E-state index in [0.717, 1.165) is 11.1 Å². The van der Waals surface area contributed by atoms with E-state index in [0.29, 0.717) is 40.5 Å². The second-order valence-corrected chi connectivity index (χ2v) is 9.43. The third kappa shape index (κ3) is 4.75. The maximum atomic E-state index is 11.8. The van der Waals surface area contributed by atoms with Crippen molar-refractivity contribution in [2.75, 3.05) is 14.2 Å². The molecule has 2 aromatic carbocycles. The van der Waals surface area contributed by atoms with Crippen molar-refractivity contribution in [1.29, 1.82) is 0 Å². The van der Waals surface area contributed by atoms with Gasteiger partial charge in [-0.1, -0.05) is 26.0 Å². The number of carboxylic acid groups (broad SMARTS) is 1. The van der Waals surface area contributed by atoms with Crippen LogP contribution in [0.15, 0.2) is 24.3 Å². The summed E-state index contributed by atoms with van der Waals surface area (Å²) in [5, 5.41) is 10.7. The average molecular weight is 458 g/mol. The Morgan fingerprint density at radius 2 is 1.55 bits per heavy atom. The Balaban J connectivity index is 2.21. The van der Waals surface area contributed by atoms with Crippen LogP contribution in [0.1, 0.15) is 56.9 Å². The van der Waals surface area contributed by atoms with Crippen LogP contribution >= 0.6 is 0 Å². The van der Waals surface area contributed by atoms with Crippen molar-refractivity contribution in [3.05, 3.63) is 46.5 Å². The normalized spacial score (nSPS) is 13.9.